The van der Waals surface area contributed by atoms with Gasteiger partial charge >= 0.3 is 0 Å². The molecule has 0 aliphatic rings. The van der Waals surface area contributed by atoms with E-state index in [9.17, 15) is 13.9 Å². The maximum absolute atomic E-state index is 13.5. The van der Waals surface area contributed by atoms with Crippen LogP contribution in [0.15, 0.2) is 36.4 Å². The third kappa shape index (κ3) is 3.92. The third-order valence-corrected chi connectivity index (χ3v) is 3.66. The summed E-state index contributed by atoms with van der Waals surface area (Å²) in [6, 6.07) is 8.21. The van der Waals surface area contributed by atoms with Gasteiger partial charge in [0.15, 0.2) is 0 Å². The first kappa shape index (κ1) is 15.2. The monoisotopic (exact) mass is 316 g/mol. The Hall–Kier alpha value is -1.16. The van der Waals surface area contributed by atoms with Gasteiger partial charge in [0, 0.05) is 6.42 Å². The summed E-state index contributed by atoms with van der Waals surface area (Å²) in [6.07, 6.45) is -0.514. The molecular weight excluding hydrogens is 305 g/mol. The van der Waals surface area contributed by atoms with Crippen LogP contribution in [0.4, 0.5) is 8.78 Å². The molecule has 0 spiro atoms. The minimum Gasteiger partial charge on any atom is -0.392 e. The highest BCUT2D eigenvalue weighted by atomic mass is 35.5. The van der Waals surface area contributed by atoms with Crippen molar-refractivity contribution in [3.05, 3.63) is 69.2 Å². The molecule has 0 saturated heterocycles. The highest BCUT2D eigenvalue weighted by Crippen LogP contribution is 2.23. The summed E-state index contributed by atoms with van der Waals surface area (Å²) < 4.78 is 26.5. The van der Waals surface area contributed by atoms with Crippen molar-refractivity contribution in [3.8, 4) is 0 Å². The van der Waals surface area contributed by atoms with Crippen LogP contribution in [0.25, 0.3) is 0 Å². The van der Waals surface area contributed by atoms with Crippen molar-refractivity contribution >= 4 is 23.2 Å². The summed E-state index contributed by atoms with van der Waals surface area (Å²) in [5, 5.41) is 10.8. The molecule has 2 rings (SSSR count). The highest BCUT2D eigenvalue weighted by Gasteiger charge is 2.12. The van der Waals surface area contributed by atoms with Crippen molar-refractivity contribution in [2.45, 2.75) is 18.9 Å². The minimum absolute atomic E-state index is 0.0316. The zero-order chi connectivity index (χ0) is 14.7. The first-order valence-electron chi connectivity index (χ1n) is 6.01. The van der Waals surface area contributed by atoms with E-state index in [1.54, 1.807) is 18.2 Å². The Kier molecular flexibility index (Phi) is 4.97. The van der Waals surface area contributed by atoms with Crippen molar-refractivity contribution < 1.29 is 13.9 Å². The Labute approximate surface area is 125 Å². The Bertz CT molecular complexity index is 617. The van der Waals surface area contributed by atoms with Gasteiger partial charge in [-0.05, 0) is 47.9 Å². The SMILES string of the molecule is OC(Cc1ccc(Cl)c(Cl)c1)Cc1cc(F)ccc1F. The molecule has 1 nitrogen and oxygen atoms in total. The smallest absolute Gasteiger partial charge is 0.126 e. The summed E-state index contributed by atoms with van der Waals surface area (Å²) in [5.74, 6) is -1.05. The Balaban J connectivity index is 2.06. The van der Waals surface area contributed by atoms with Crippen molar-refractivity contribution in [2.24, 2.45) is 0 Å². The molecule has 0 amide bonds. The molecule has 5 heteroatoms. The van der Waals surface area contributed by atoms with Crippen LogP contribution in [0.1, 0.15) is 11.1 Å². The fourth-order valence-electron chi connectivity index (χ4n) is 1.96. The number of aliphatic hydroxyl groups is 1. The van der Waals surface area contributed by atoms with Gasteiger partial charge in [0.2, 0.25) is 0 Å². The zero-order valence-electron chi connectivity index (χ0n) is 10.4. The molecule has 2 aromatic carbocycles. The van der Waals surface area contributed by atoms with Crippen LogP contribution in [0, 0.1) is 11.6 Å². The molecule has 0 saturated carbocycles. The lowest BCUT2D eigenvalue weighted by Gasteiger charge is -2.12. The molecule has 2 aromatic rings. The van der Waals surface area contributed by atoms with E-state index >= 15 is 0 Å². The Morgan fingerprint density at radius 3 is 2.40 bits per heavy atom. The molecular formula is C15H12Cl2F2O. The van der Waals surface area contributed by atoms with Crippen LogP contribution in [0.2, 0.25) is 10.0 Å². The average Bonchev–Trinajstić information content (AvgIpc) is 2.38. The molecule has 0 heterocycles. The Morgan fingerprint density at radius 2 is 1.70 bits per heavy atom. The molecule has 0 radical (unpaired) electrons. The van der Waals surface area contributed by atoms with Gasteiger partial charge in [-0.15, -0.1) is 0 Å². The lowest BCUT2D eigenvalue weighted by atomic mass is 10.0. The van der Waals surface area contributed by atoms with E-state index < -0.39 is 17.7 Å². The fraction of sp³-hybridized carbons (Fsp3) is 0.200. The van der Waals surface area contributed by atoms with E-state index in [-0.39, 0.29) is 18.4 Å². The van der Waals surface area contributed by atoms with Gasteiger partial charge in [-0.3, -0.25) is 0 Å². The van der Waals surface area contributed by atoms with Crippen LogP contribution < -0.4 is 0 Å². The number of rotatable bonds is 4. The van der Waals surface area contributed by atoms with Crippen molar-refractivity contribution in [3.63, 3.8) is 0 Å². The second kappa shape index (κ2) is 6.53. The molecule has 106 valence electrons. The van der Waals surface area contributed by atoms with E-state index in [0.717, 1.165) is 23.8 Å². The van der Waals surface area contributed by atoms with Gasteiger partial charge < -0.3 is 5.11 Å². The highest BCUT2D eigenvalue weighted by molar-refractivity contribution is 6.42. The molecule has 20 heavy (non-hydrogen) atoms. The van der Waals surface area contributed by atoms with Gasteiger partial charge in [-0.1, -0.05) is 29.3 Å². The van der Waals surface area contributed by atoms with Gasteiger partial charge in [0.1, 0.15) is 11.6 Å². The summed E-state index contributed by atoms with van der Waals surface area (Å²) in [7, 11) is 0. The van der Waals surface area contributed by atoms with Gasteiger partial charge in [-0.2, -0.15) is 0 Å². The van der Waals surface area contributed by atoms with Crippen molar-refractivity contribution in [2.75, 3.05) is 0 Å². The predicted octanol–water partition coefficient (Wildman–Crippen LogP) is 4.42. The first-order valence-corrected chi connectivity index (χ1v) is 6.77. The molecule has 1 N–H and O–H groups in total. The third-order valence-electron chi connectivity index (χ3n) is 2.92. The number of halogens is 4. The maximum Gasteiger partial charge on any atom is 0.126 e. The quantitative estimate of drug-likeness (QED) is 0.885. The van der Waals surface area contributed by atoms with Crippen LogP contribution in [0.3, 0.4) is 0 Å². The average molecular weight is 317 g/mol. The zero-order valence-corrected chi connectivity index (χ0v) is 11.9. The van der Waals surface area contributed by atoms with E-state index in [4.69, 9.17) is 23.2 Å². The molecule has 0 aliphatic heterocycles. The fourth-order valence-corrected chi connectivity index (χ4v) is 2.29. The molecule has 1 unspecified atom stereocenters. The summed E-state index contributed by atoms with van der Waals surface area (Å²) >= 11 is 11.7. The largest absolute Gasteiger partial charge is 0.392 e. The van der Waals surface area contributed by atoms with Gasteiger partial charge in [0.25, 0.3) is 0 Å². The first-order chi connectivity index (χ1) is 9.45. The number of hydrogen-bond donors (Lipinski definition) is 1. The van der Waals surface area contributed by atoms with Crippen LogP contribution in [-0.2, 0) is 12.8 Å². The van der Waals surface area contributed by atoms with E-state index in [1.807, 2.05) is 0 Å². The van der Waals surface area contributed by atoms with Crippen LogP contribution in [-0.4, -0.2) is 11.2 Å². The van der Waals surface area contributed by atoms with Gasteiger partial charge in [-0.25, -0.2) is 8.78 Å². The summed E-state index contributed by atoms with van der Waals surface area (Å²) in [5.41, 5.74) is 0.932. The van der Waals surface area contributed by atoms with E-state index in [1.165, 1.54) is 0 Å². The van der Waals surface area contributed by atoms with E-state index in [2.05, 4.69) is 0 Å². The molecule has 0 aromatic heterocycles. The van der Waals surface area contributed by atoms with Crippen molar-refractivity contribution in [1.29, 1.82) is 0 Å². The second-order valence-corrected chi connectivity index (χ2v) is 5.36. The molecule has 0 bridgehead atoms. The molecule has 1 atom stereocenters. The standard InChI is InChI=1S/C15H12Cl2F2O/c16-13-3-1-9(6-14(13)17)5-12(20)8-10-7-11(18)2-4-15(10)19/h1-4,6-7,12,20H,5,8H2. The number of benzene rings is 2. The van der Waals surface area contributed by atoms with E-state index in [0.29, 0.717) is 10.0 Å². The second-order valence-electron chi connectivity index (χ2n) is 4.55. The summed E-state index contributed by atoms with van der Waals surface area (Å²) in [6.45, 7) is 0. The summed E-state index contributed by atoms with van der Waals surface area (Å²) in [4.78, 5) is 0. The maximum atomic E-state index is 13.5. The van der Waals surface area contributed by atoms with Gasteiger partial charge in [0.05, 0.1) is 16.1 Å². The van der Waals surface area contributed by atoms with Crippen LogP contribution >= 0.6 is 23.2 Å². The topological polar surface area (TPSA) is 20.2 Å². The lowest BCUT2D eigenvalue weighted by Crippen LogP contribution is -2.15. The van der Waals surface area contributed by atoms with Crippen molar-refractivity contribution in [1.82, 2.24) is 0 Å². The lowest BCUT2D eigenvalue weighted by molar-refractivity contribution is 0.174. The Morgan fingerprint density at radius 1 is 0.950 bits per heavy atom. The predicted molar refractivity (Wildman–Crippen MR) is 76.2 cm³/mol. The minimum atomic E-state index is -0.830. The molecule has 0 fully saturated rings. The molecule has 0 aliphatic carbocycles. The van der Waals surface area contributed by atoms with Crippen LogP contribution in [0.5, 0.6) is 0 Å². The number of hydrogen-bond acceptors (Lipinski definition) is 1. The number of aliphatic hydroxyl groups excluding tert-OH is 1. The normalized spacial score (nSPS) is 12.4.